The van der Waals surface area contributed by atoms with Gasteiger partial charge in [-0.05, 0) is 42.0 Å². The summed E-state index contributed by atoms with van der Waals surface area (Å²) in [5.74, 6) is 2.43. The Morgan fingerprint density at radius 1 is 1.25 bits per heavy atom. The van der Waals surface area contributed by atoms with E-state index in [0.717, 1.165) is 13.0 Å². The van der Waals surface area contributed by atoms with Crippen LogP contribution in [0.5, 0.6) is 0 Å². The minimum Gasteiger partial charge on any atom is -0.396 e. The summed E-state index contributed by atoms with van der Waals surface area (Å²) in [6.07, 6.45) is 1.95. The lowest BCUT2D eigenvalue weighted by atomic mass is 10.1. The summed E-state index contributed by atoms with van der Waals surface area (Å²) in [4.78, 5) is 0. The molecule has 0 saturated heterocycles. The summed E-state index contributed by atoms with van der Waals surface area (Å²) in [5, 5.41) is 12.2. The van der Waals surface area contributed by atoms with Crippen molar-refractivity contribution < 1.29 is 5.11 Å². The van der Waals surface area contributed by atoms with Gasteiger partial charge in [0.25, 0.3) is 0 Å². The van der Waals surface area contributed by atoms with E-state index < -0.39 is 0 Å². The summed E-state index contributed by atoms with van der Waals surface area (Å²) < 4.78 is 0. The molecule has 1 aromatic rings. The van der Waals surface area contributed by atoms with Gasteiger partial charge in [-0.3, -0.25) is 0 Å². The minimum atomic E-state index is 0.223. The molecule has 0 fully saturated rings. The molecular formula is C13H21NOS. The minimum absolute atomic E-state index is 0.223. The van der Waals surface area contributed by atoms with E-state index in [1.807, 2.05) is 11.8 Å². The summed E-state index contributed by atoms with van der Waals surface area (Å²) in [6.45, 7) is 3.45. The molecule has 0 saturated carbocycles. The Morgan fingerprint density at radius 3 is 2.62 bits per heavy atom. The third-order valence-electron chi connectivity index (χ3n) is 2.35. The van der Waals surface area contributed by atoms with Crippen LogP contribution >= 0.6 is 11.8 Å². The second kappa shape index (κ2) is 8.48. The third-order valence-corrected chi connectivity index (χ3v) is 3.34. The fraction of sp³-hybridized carbons (Fsp3) is 0.538. The van der Waals surface area contributed by atoms with Crippen LogP contribution in [0, 0.1) is 0 Å². The predicted molar refractivity (Wildman–Crippen MR) is 73.3 cm³/mol. The highest BCUT2D eigenvalue weighted by molar-refractivity contribution is 7.99. The molecule has 0 unspecified atom stereocenters. The smallest absolute Gasteiger partial charge is 0.0471 e. The lowest BCUT2D eigenvalue weighted by molar-refractivity contribution is 0.299. The van der Waals surface area contributed by atoms with Crippen LogP contribution in [0.25, 0.3) is 0 Å². The average Bonchev–Trinajstić information content (AvgIpc) is 2.31. The van der Waals surface area contributed by atoms with E-state index in [-0.39, 0.29) is 6.61 Å². The average molecular weight is 239 g/mol. The van der Waals surface area contributed by atoms with Crippen molar-refractivity contribution in [3.8, 4) is 0 Å². The Kier molecular flexibility index (Phi) is 7.10. The zero-order valence-electron chi connectivity index (χ0n) is 9.91. The number of aliphatic hydroxyl groups excluding tert-OH is 1. The van der Waals surface area contributed by atoms with Crippen molar-refractivity contribution in [1.29, 1.82) is 0 Å². The standard InChI is InChI=1S/C13H21NOS/c1-2-16-11-3-9-14-13-6-4-12(5-7-13)8-10-15/h4-7,14-15H,2-3,8-11H2,1H3. The maximum atomic E-state index is 8.79. The quantitative estimate of drug-likeness (QED) is 0.684. The highest BCUT2D eigenvalue weighted by atomic mass is 32.2. The van der Waals surface area contributed by atoms with E-state index in [0.29, 0.717) is 0 Å². The molecule has 3 heteroatoms. The molecule has 0 amide bonds. The molecule has 0 spiro atoms. The van der Waals surface area contributed by atoms with Gasteiger partial charge in [-0.2, -0.15) is 11.8 Å². The number of nitrogens with one attached hydrogen (secondary N) is 1. The van der Waals surface area contributed by atoms with Gasteiger partial charge in [-0.25, -0.2) is 0 Å². The molecule has 2 N–H and O–H groups in total. The van der Waals surface area contributed by atoms with Crippen molar-refractivity contribution in [3.63, 3.8) is 0 Å². The first-order chi connectivity index (χ1) is 7.86. The largest absolute Gasteiger partial charge is 0.396 e. The second-order valence-corrected chi connectivity index (χ2v) is 5.04. The first kappa shape index (κ1) is 13.4. The van der Waals surface area contributed by atoms with E-state index in [4.69, 9.17) is 5.11 Å². The SMILES string of the molecule is CCSCCCNc1ccc(CCO)cc1. The molecule has 16 heavy (non-hydrogen) atoms. The Balaban J connectivity index is 2.21. The molecule has 90 valence electrons. The van der Waals surface area contributed by atoms with Crippen molar-refractivity contribution in [2.24, 2.45) is 0 Å². The zero-order chi connectivity index (χ0) is 11.6. The van der Waals surface area contributed by atoms with Crippen LogP contribution in [0.15, 0.2) is 24.3 Å². The molecule has 0 atom stereocenters. The number of rotatable bonds is 8. The molecule has 0 bridgehead atoms. The van der Waals surface area contributed by atoms with Crippen LogP contribution < -0.4 is 5.32 Å². The van der Waals surface area contributed by atoms with E-state index in [2.05, 4.69) is 36.5 Å². The normalized spacial score (nSPS) is 10.4. The van der Waals surface area contributed by atoms with Crippen LogP contribution in [0.3, 0.4) is 0 Å². The first-order valence-corrected chi connectivity index (χ1v) is 7.03. The Labute approximate surface area is 102 Å². The van der Waals surface area contributed by atoms with Gasteiger partial charge in [0.1, 0.15) is 0 Å². The second-order valence-electron chi connectivity index (χ2n) is 3.65. The lowest BCUT2D eigenvalue weighted by Crippen LogP contribution is -2.02. The molecule has 0 radical (unpaired) electrons. The van der Waals surface area contributed by atoms with Crippen molar-refractivity contribution in [2.75, 3.05) is 30.0 Å². The van der Waals surface area contributed by atoms with E-state index >= 15 is 0 Å². The van der Waals surface area contributed by atoms with E-state index in [9.17, 15) is 0 Å². The van der Waals surface area contributed by atoms with Gasteiger partial charge < -0.3 is 10.4 Å². The highest BCUT2D eigenvalue weighted by Crippen LogP contribution is 2.10. The van der Waals surface area contributed by atoms with Crippen LogP contribution in [-0.4, -0.2) is 29.8 Å². The van der Waals surface area contributed by atoms with E-state index in [1.165, 1.54) is 29.2 Å². The number of aliphatic hydroxyl groups is 1. The summed E-state index contributed by atoms with van der Waals surface area (Å²) >= 11 is 1.98. The molecule has 0 aromatic heterocycles. The Hall–Kier alpha value is -0.670. The van der Waals surface area contributed by atoms with Crippen LogP contribution in [-0.2, 0) is 6.42 Å². The molecule has 1 rings (SSSR count). The Morgan fingerprint density at radius 2 is 2.00 bits per heavy atom. The number of hydrogen-bond acceptors (Lipinski definition) is 3. The molecule has 1 aromatic carbocycles. The van der Waals surface area contributed by atoms with Gasteiger partial charge in [0.2, 0.25) is 0 Å². The molecule has 0 aliphatic heterocycles. The molecule has 0 heterocycles. The van der Waals surface area contributed by atoms with Crippen molar-refractivity contribution in [3.05, 3.63) is 29.8 Å². The van der Waals surface area contributed by atoms with Gasteiger partial charge in [-0.15, -0.1) is 0 Å². The molecule has 2 nitrogen and oxygen atoms in total. The maximum Gasteiger partial charge on any atom is 0.0471 e. The van der Waals surface area contributed by atoms with Gasteiger partial charge in [0, 0.05) is 18.8 Å². The monoisotopic (exact) mass is 239 g/mol. The van der Waals surface area contributed by atoms with E-state index in [1.54, 1.807) is 0 Å². The fourth-order valence-electron chi connectivity index (χ4n) is 1.47. The van der Waals surface area contributed by atoms with Gasteiger partial charge in [0.15, 0.2) is 0 Å². The molecule has 0 aliphatic rings. The van der Waals surface area contributed by atoms with Gasteiger partial charge >= 0.3 is 0 Å². The van der Waals surface area contributed by atoms with Crippen LogP contribution in [0.1, 0.15) is 18.9 Å². The number of benzene rings is 1. The van der Waals surface area contributed by atoms with Crippen LogP contribution in [0.2, 0.25) is 0 Å². The maximum absolute atomic E-state index is 8.79. The van der Waals surface area contributed by atoms with Crippen molar-refractivity contribution in [2.45, 2.75) is 19.8 Å². The van der Waals surface area contributed by atoms with Gasteiger partial charge in [0.05, 0.1) is 0 Å². The molecular weight excluding hydrogens is 218 g/mol. The fourth-order valence-corrected chi connectivity index (χ4v) is 2.11. The van der Waals surface area contributed by atoms with Crippen molar-refractivity contribution >= 4 is 17.4 Å². The number of thioether (sulfide) groups is 1. The first-order valence-electron chi connectivity index (χ1n) is 5.88. The molecule has 0 aliphatic carbocycles. The topological polar surface area (TPSA) is 32.3 Å². The van der Waals surface area contributed by atoms with Gasteiger partial charge in [-0.1, -0.05) is 19.1 Å². The zero-order valence-corrected chi connectivity index (χ0v) is 10.7. The summed E-state index contributed by atoms with van der Waals surface area (Å²) in [6, 6.07) is 8.30. The highest BCUT2D eigenvalue weighted by Gasteiger charge is 1.94. The Bertz CT molecular complexity index is 274. The number of anilines is 1. The third kappa shape index (κ3) is 5.42. The van der Waals surface area contributed by atoms with Crippen molar-refractivity contribution in [1.82, 2.24) is 0 Å². The predicted octanol–water partition coefficient (Wildman–Crippen LogP) is 2.78. The summed E-state index contributed by atoms with van der Waals surface area (Å²) in [5.41, 5.74) is 2.36. The lowest BCUT2D eigenvalue weighted by Gasteiger charge is -2.06. The number of hydrogen-bond donors (Lipinski definition) is 2. The van der Waals surface area contributed by atoms with Crippen LogP contribution in [0.4, 0.5) is 5.69 Å². The summed E-state index contributed by atoms with van der Waals surface area (Å²) in [7, 11) is 0.